The van der Waals surface area contributed by atoms with Crippen molar-refractivity contribution in [3.05, 3.63) is 22.6 Å². The summed E-state index contributed by atoms with van der Waals surface area (Å²) < 4.78 is 23.8. The van der Waals surface area contributed by atoms with E-state index in [1.54, 1.807) is 11.8 Å². The highest BCUT2D eigenvalue weighted by Gasteiger charge is 2.22. The van der Waals surface area contributed by atoms with Gasteiger partial charge in [-0.15, -0.1) is 11.3 Å². The fraction of sp³-hybridized carbons (Fsp3) is 0.250. The first-order valence-electron chi connectivity index (χ1n) is 3.97. The van der Waals surface area contributed by atoms with Gasteiger partial charge in [0.1, 0.15) is 4.21 Å². The molecule has 0 fully saturated rings. The Morgan fingerprint density at radius 1 is 1.50 bits per heavy atom. The van der Waals surface area contributed by atoms with Gasteiger partial charge in [0.05, 0.1) is 4.21 Å². The molecule has 0 unspecified atom stereocenters. The zero-order valence-corrected chi connectivity index (χ0v) is 9.93. The minimum absolute atomic E-state index is 0.304. The Morgan fingerprint density at radius 2 is 2.21 bits per heavy atom. The van der Waals surface area contributed by atoms with Gasteiger partial charge in [0.2, 0.25) is 10.0 Å². The Morgan fingerprint density at radius 3 is 2.79 bits per heavy atom. The second-order valence-corrected chi connectivity index (χ2v) is 6.97. The fourth-order valence-corrected chi connectivity index (χ4v) is 4.91. The van der Waals surface area contributed by atoms with Gasteiger partial charge in [-0.05, 0) is 29.9 Å². The van der Waals surface area contributed by atoms with Crippen LogP contribution in [0.3, 0.4) is 0 Å². The number of rotatable bonds is 1. The summed E-state index contributed by atoms with van der Waals surface area (Å²) in [6.45, 7) is 1.81. The second-order valence-electron chi connectivity index (χ2n) is 3.02. The van der Waals surface area contributed by atoms with Gasteiger partial charge in [0.15, 0.2) is 0 Å². The van der Waals surface area contributed by atoms with Gasteiger partial charge in [-0.25, -0.2) is 13.6 Å². The van der Waals surface area contributed by atoms with Gasteiger partial charge in [-0.2, -0.15) is 0 Å². The third-order valence-corrected chi connectivity index (χ3v) is 6.06. The van der Waals surface area contributed by atoms with Crippen LogP contribution in [0.25, 0.3) is 0 Å². The monoisotopic (exact) mass is 247 g/mol. The van der Waals surface area contributed by atoms with Gasteiger partial charge >= 0.3 is 0 Å². The highest BCUT2D eigenvalue weighted by molar-refractivity contribution is 8.04. The van der Waals surface area contributed by atoms with Gasteiger partial charge in [0, 0.05) is 0 Å². The van der Waals surface area contributed by atoms with Crippen molar-refractivity contribution in [2.45, 2.75) is 21.8 Å². The van der Waals surface area contributed by atoms with E-state index in [9.17, 15) is 8.42 Å². The average molecular weight is 247 g/mol. The molecule has 0 bridgehead atoms. The van der Waals surface area contributed by atoms with Gasteiger partial charge in [0.25, 0.3) is 0 Å². The number of thioether (sulfide) groups is 1. The van der Waals surface area contributed by atoms with Crippen molar-refractivity contribution >= 4 is 33.1 Å². The first-order valence-corrected chi connectivity index (χ1v) is 7.21. The van der Waals surface area contributed by atoms with Crippen molar-refractivity contribution in [2.75, 3.05) is 0 Å². The van der Waals surface area contributed by atoms with Crippen molar-refractivity contribution < 1.29 is 8.42 Å². The smallest absolute Gasteiger partial charge is 0.224 e. The maximum atomic E-state index is 11.2. The molecule has 6 heteroatoms. The van der Waals surface area contributed by atoms with Crippen LogP contribution >= 0.6 is 23.1 Å². The normalized spacial score (nSPS) is 15.6. The average Bonchev–Trinajstić information content (AvgIpc) is 2.44. The SMILES string of the molecule is Cc1c(S(N)(=O)=O)sc2c1CC=CS2. The van der Waals surface area contributed by atoms with Crippen molar-refractivity contribution in [1.82, 2.24) is 0 Å². The number of sulfonamides is 1. The lowest BCUT2D eigenvalue weighted by Gasteiger charge is -2.03. The van der Waals surface area contributed by atoms with E-state index < -0.39 is 10.0 Å². The number of fused-ring (bicyclic) bond motifs is 1. The molecular weight excluding hydrogens is 238 g/mol. The molecule has 1 aliphatic heterocycles. The molecule has 0 radical (unpaired) electrons. The maximum absolute atomic E-state index is 11.2. The van der Waals surface area contributed by atoms with E-state index >= 15 is 0 Å². The Hall–Kier alpha value is -0.300. The minimum Gasteiger partial charge on any atom is -0.224 e. The zero-order valence-electron chi connectivity index (χ0n) is 7.48. The molecule has 0 atom stereocenters. The molecule has 3 nitrogen and oxygen atoms in total. The Bertz CT molecular complexity index is 499. The molecule has 76 valence electrons. The van der Waals surface area contributed by atoms with Crippen LogP contribution in [-0.2, 0) is 16.4 Å². The molecule has 1 aromatic rings. The number of thiophene rings is 1. The minimum atomic E-state index is -3.55. The lowest BCUT2D eigenvalue weighted by molar-refractivity contribution is 0.599. The molecule has 0 saturated heterocycles. The first-order chi connectivity index (χ1) is 6.50. The third-order valence-electron chi connectivity index (χ3n) is 2.04. The van der Waals surface area contributed by atoms with Crippen LogP contribution in [0.1, 0.15) is 11.1 Å². The molecule has 0 spiro atoms. The highest BCUT2D eigenvalue weighted by atomic mass is 32.3. The van der Waals surface area contributed by atoms with E-state index in [0.29, 0.717) is 4.21 Å². The third kappa shape index (κ3) is 1.63. The van der Waals surface area contributed by atoms with Crippen molar-refractivity contribution in [3.8, 4) is 0 Å². The van der Waals surface area contributed by atoms with Crippen LogP contribution < -0.4 is 5.14 Å². The van der Waals surface area contributed by atoms with Crippen molar-refractivity contribution in [2.24, 2.45) is 5.14 Å². The summed E-state index contributed by atoms with van der Waals surface area (Å²) >= 11 is 2.83. The van der Waals surface area contributed by atoms with Gasteiger partial charge in [-0.1, -0.05) is 17.8 Å². The molecule has 0 aromatic carbocycles. The summed E-state index contributed by atoms with van der Waals surface area (Å²) in [5.74, 6) is 0. The number of hydrogen-bond acceptors (Lipinski definition) is 4. The second kappa shape index (κ2) is 3.37. The number of nitrogens with two attached hydrogens (primary N) is 1. The lowest BCUT2D eigenvalue weighted by atomic mass is 10.1. The van der Waals surface area contributed by atoms with Crippen LogP contribution in [-0.4, -0.2) is 8.42 Å². The molecule has 1 aromatic heterocycles. The molecule has 0 aliphatic carbocycles. The predicted octanol–water partition coefficient (Wildman–Crippen LogP) is 1.87. The number of primary sulfonamides is 1. The zero-order chi connectivity index (χ0) is 10.3. The molecule has 0 saturated carbocycles. The Balaban J connectivity index is 2.62. The summed E-state index contributed by atoms with van der Waals surface area (Å²) in [6.07, 6.45) is 2.83. The summed E-state index contributed by atoms with van der Waals surface area (Å²) in [5, 5.41) is 7.10. The topological polar surface area (TPSA) is 60.2 Å². The van der Waals surface area contributed by atoms with E-state index in [-0.39, 0.29) is 0 Å². The van der Waals surface area contributed by atoms with Crippen LogP contribution in [0.4, 0.5) is 0 Å². The van der Waals surface area contributed by atoms with E-state index in [0.717, 1.165) is 21.8 Å². The van der Waals surface area contributed by atoms with E-state index in [1.807, 2.05) is 18.4 Å². The Kier molecular flexibility index (Phi) is 2.46. The van der Waals surface area contributed by atoms with Crippen LogP contribution in [0, 0.1) is 6.92 Å². The lowest BCUT2D eigenvalue weighted by Crippen LogP contribution is -2.11. The molecule has 2 rings (SSSR count). The number of hydrogen-bond donors (Lipinski definition) is 1. The summed E-state index contributed by atoms with van der Waals surface area (Å²) in [5.41, 5.74) is 1.91. The van der Waals surface area contributed by atoms with E-state index in [2.05, 4.69) is 0 Å². The fourth-order valence-electron chi connectivity index (χ4n) is 1.38. The molecule has 2 N–H and O–H groups in total. The standard InChI is InChI=1S/C8H9NO2S3/c1-5-6-3-2-4-12-7(6)13-8(5)14(9,10)11/h2,4H,3H2,1H3,(H2,9,10,11). The van der Waals surface area contributed by atoms with Crippen LogP contribution in [0.15, 0.2) is 19.9 Å². The molecule has 2 heterocycles. The van der Waals surface area contributed by atoms with Gasteiger partial charge < -0.3 is 0 Å². The summed E-state index contributed by atoms with van der Waals surface area (Å²) in [7, 11) is -3.55. The van der Waals surface area contributed by atoms with Gasteiger partial charge in [-0.3, -0.25) is 0 Å². The quantitative estimate of drug-likeness (QED) is 0.824. The molecular formula is C8H9NO2S3. The van der Waals surface area contributed by atoms with Crippen molar-refractivity contribution in [1.29, 1.82) is 0 Å². The first kappa shape index (κ1) is 10.2. The maximum Gasteiger partial charge on any atom is 0.247 e. The Labute approximate surface area is 91.1 Å². The predicted molar refractivity (Wildman–Crippen MR) is 59.1 cm³/mol. The molecule has 0 amide bonds. The molecule has 1 aliphatic rings. The number of allylic oxidation sites excluding steroid dienone is 1. The largest absolute Gasteiger partial charge is 0.247 e. The van der Waals surface area contributed by atoms with Crippen LogP contribution in [0.5, 0.6) is 0 Å². The summed E-state index contributed by atoms with van der Waals surface area (Å²) in [4.78, 5) is 0. The summed E-state index contributed by atoms with van der Waals surface area (Å²) in [6, 6.07) is 0. The van der Waals surface area contributed by atoms with E-state index in [1.165, 1.54) is 11.3 Å². The van der Waals surface area contributed by atoms with Crippen LogP contribution in [0.2, 0.25) is 0 Å². The molecule has 14 heavy (non-hydrogen) atoms. The van der Waals surface area contributed by atoms with Crippen molar-refractivity contribution in [3.63, 3.8) is 0 Å². The highest BCUT2D eigenvalue weighted by Crippen LogP contribution is 2.40. The van der Waals surface area contributed by atoms with E-state index in [4.69, 9.17) is 5.14 Å².